The van der Waals surface area contributed by atoms with Gasteiger partial charge in [-0.25, -0.2) is 0 Å². The second kappa shape index (κ2) is 10.1. The molecular weight excluding hydrogens is 430 g/mol. The Labute approximate surface area is 195 Å². The molecule has 34 heavy (non-hydrogen) atoms. The summed E-state index contributed by atoms with van der Waals surface area (Å²) in [7, 11) is 0. The number of nitrogens with zero attached hydrogens (tertiary/aromatic N) is 2. The molecule has 0 radical (unpaired) electrons. The number of amides is 1. The zero-order chi connectivity index (χ0) is 23.9. The summed E-state index contributed by atoms with van der Waals surface area (Å²) in [5, 5.41) is 25.0. The molecule has 0 fully saturated rings. The highest BCUT2D eigenvalue weighted by Gasteiger charge is 2.11. The van der Waals surface area contributed by atoms with Crippen LogP contribution in [0.1, 0.15) is 11.1 Å². The lowest BCUT2D eigenvalue weighted by atomic mass is 10.1. The van der Waals surface area contributed by atoms with Crippen LogP contribution in [0, 0.1) is 21.4 Å². The van der Waals surface area contributed by atoms with E-state index in [1.165, 1.54) is 18.2 Å². The summed E-state index contributed by atoms with van der Waals surface area (Å²) in [6.07, 6.45) is 1.51. The highest BCUT2D eigenvalue weighted by atomic mass is 16.6. The standard InChI is InChI=1S/C27H19N3O4/c28-17-22(27(31)29-26-7-3-5-21-4-1-2-6-25(21)26)16-19-10-14-24(15-11-19)34-18-20-8-12-23(13-9-20)30(32)33/h1-16H,18H2,(H,29,31)/b22-16+. The third kappa shape index (κ3) is 5.26. The minimum absolute atomic E-state index is 0.0208. The molecule has 0 atom stereocenters. The van der Waals surface area contributed by atoms with Gasteiger partial charge in [-0.1, -0.05) is 48.5 Å². The maximum atomic E-state index is 12.7. The highest BCUT2D eigenvalue weighted by Crippen LogP contribution is 2.24. The molecule has 1 N–H and O–H groups in total. The van der Waals surface area contributed by atoms with Crippen molar-refractivity contribution < 1.29 is 14.5 Å². The summed E-state index contributed by atoms with van der Waals surface area (Å²) < 4.78 is 5.71. The molecule has 7 nitrogen and oxygen atoms in total. The fraction of sp³-hybridized carbons (Fsp3) is 0.0370. The Kier molecular flexibility index (Phi) is 6.61. The number of anilines is 1. The van der Waals surface area contributed by atoms with E-state index >= 15 is 0 Å². The Morgan fingerprint density at radius 2 is 1.68 bits per heavy atom. The number of fused-ring (bicyclic) bond motifs is 1. The van der Waals surface area contributed by atoms with Crippen molar-refractivity contribution in [2.45, 2.75) is 6.61 Å². The van der Waals surface area contributed by atoms with Crippen molar-refractivity contribution in [1.82, 2.24) is 0 Å². The predicted molar refractivity (Wildman–Crippen MR) is 130 cm³/mol. The Morgan fingerprint density at radius 1 is 0.971 bits per heavy atom. The lowest BCUT2D eigenvalue weighted by Crippen LogP contribution is -2.13. The number of benzene rings is 4. The minimum Gasteiger partial charge on any atom is -0.489 e. The number of hydrogen-bond donors (Lipinski definition) is 1. The molecule has 0 spiro atoms. The summed E-state index contributed by atoms with van der Waals surface area (Å²) in [6, 6.07) is 28.3. The van der Waals surface area contributed by atoms with Gasteiger partial charge in [0.15, 0.2) is 0 Å². The maximum absolute atomic E-state index is 12.7. The molecule has 0 saturated carbocycles. The van der Waals surface area contributed by atoms with Crippen molar-refractivity contribution in [1.29, 1.82) is 5.26 Å². The van der Waals surface area contributed by atoms with E-state index in [0.29, 0.717) is 17.0 Å². The minimum atomic E-state index is -0.489. The van der Waals surface area contributed by atoms with Crippen LogP contribution >= 0.6 is 0 Å². The number of rotatable bonds is 7. The van der Waals surface area contributed by atoms with Gasteiger partial charge in [-0.2, -0.15) is 5.26 Å². The molecule has 166 valence electrons. The molecule has 4 rings (SSSR count). The number of carbonyl (C=O) groups is 1. The Morgan fingerprint density at radius 3 is 2.38 bits per heavy atom. The van der Waals surface area contributed by atoms with Crippen LogP contribution in [0.25, 0.3) is 16.8 Å². The quantitative estimate of drug-likeness (QED) is 0.164. The second-order valence-corrected chi connectivity index (χ2v) is 7.43. The van der Waals surface area contributed by atoms with E-state index < -0.39 is 10.8 Å². The smallest absolute Gasteiger partial charge is 0.269 e. The number of ether oxygens (including phenoxy) is 1. The first-order chi connectivity index (χ1) is 16.5. The van der Waals surface area contributed by atoms with E-state index in [1.54, 1.807) is 42.5 Å². The number of carbonyl (C=O) groups excluding carboxylic acids is 1. The Bertz CT molecular complexity index is 1410. The van der Waals surface area contributed by atoms with Gasteiger partial charge in [-0.15, -0.1) is 0 Å². The second-order valence-electron chi connectivity index (χ2n) is 7.43. The van der Waals surface area contributed by atoms with E-state index in [2.05, 4.69) is 5.32 Å². The molecule has 0 aliphatic rings. The molecule has 0 aliphatic carbocycles. The zero-order valence-corrected chi connectivity index (χ0v) is 18.0. The van der Waals surface area contributed by atoms with Gasteiger partial charge < -0.3 is 10.1 Å². The third-order valence-electron chi connectivity index (χ3n) is 5.15. The van der Waals surface area contributed by atoms with E-state index in [1.807, 2.05) is 42.5 Å². The predicted octanol–water partition coefficient (Wildman–Crippen LogP) is 5.87. The first kappa shape index (κ1) is 22.2. The van der Waals surface area contributed by atoms with Gasteiger partial charge in [0, 0.05) is 23.2 Å². The molecule has 4 aromatic carbocycles. The molecule has 0 aromatic heterocycles. The van der Waals surface area contributed by atoms with Crippen molar-refractivity contribution in [2.24, 2.45) is 0 Å². The lowest BCUT2D eigenvalue weighted by molar-refractivity contribution is -0.384. The number of nitro benzene ring substituents is 1. The van der Waals surface area contributed by atoms with Crippen molar-refractivity contribution >= 4 is 34.1 Å². The van der Waals surface area contributed by atoms with Gasteiger partial charge >= 0.3 is 0 Å². The number of hydrogen-bond acceptors (Lipinski definition) is 5. The van der Waals surface area contributed by atoms with Crippen LogP contribution in [-0.2, 0) is 11.4 Å². The topological polar surface area (TPSA) is 105 Å². The van der Waals surface area contributed by atoms with Crippen molar-refractivity contribution in [3.8, 4) is 11.8 Å². The average Bonchev–Trinajstić information content (AvgIpc) is 2.87. The molecule has 0 heterocycles. The molecule has 0 bridgehead atoms. The molecule has 0 aliphatic heterocycles. The van der Waals surface area contributed by atoms with E-state index in [0.717, 1.165) is 16.3 Å². The lowest BCUT2D eigenvalue weighted by Gasteiger charge is -2.08. The van der Waals surface area contributed by atoms with E-state index in [-0.39, 0.29) is 17.9 Å². The summed E-state index contributed by atoms with van der Waals surface area (Å²) in [4.78, 5) is 23.0. The van der Waals surface area contributed by atoms with Crippen LogP contribution in [0.15, 0.2) is 96.6 Å². The molecule has 0 saturated heterocycles. The molecule has 0 unspecified atom stereocenters. The average molecular weight is 449 g/mol. The van der Waals surface area contributed by atoms with Gasteiger partial charge in [0.05, 0.1) is 4.92 Å². The Hall–Kier alpha value is -4.96. The fourth-order valence-electron chi connectivity index (χ4n) is 3.38. The highest BCUT2D eigenvalue weighted by molar-refractivity contribution is 6.12. The van der Waals surface area contributed by atoms with Crippen molar-refractivity contribution in [3.05, 3.63) is 118 Å². The van der Waals surface area contributed by atoms with Crippen molar-refractivity contribution in [3.63, 3.8) is 0 Å². The first-order valence-corrected chi connectivity index (χ1v) is 10.4. The number of nitrogens with one attached hydrogen (secondary N) is 1. The van der Waals surface area contributed by atoms with Crippen LogP contribution < -0.4 is 10.1 Å². The van der Waals surface area contributed by atoms with Crippen LogP contribution in [0.3, 0.4) is 0 Å². The summed E-state index contributed by atoms with van der Waals surface area (Å²) in [5.74, 6) is 0.103. The SMILES string of the molecule is N#C/C(=C\c1ccc(OCc2ccc([N+](=O)[O-])cc2)cc1)C(=O)Nc1cccc2ccccc12. The summed E-state index contributed by atoms with van der Waals surface area (Å²) in [5.41, 5.74) is 2.11. The van der Waals surface area contributed by atoms with Crippen LogP contribution in [-0.4, -0.2) is 10.8 Å². The number of nitriles is 1. The normalized spacial score (nSPS) is 11.0. The zero-order valence-electron chi connectivity index (χ0n) is 18.0. The molecular formula is C27H19N3O4. The van der Waals surface area contributed by atoms with Crippen LogP contribution in [0.2, 0.25) is 0 Å². The van der Waals surface area contributed by atoms with Gasteiger partial charge in [0.25, 0.3) is 11.6 Å². The van der Waals surface area contributed by atoms with E-state index in [4.69, 9.17) is 4.74 Å². The molecule has 1 amide bonds. The van der Waals surface area contributed by atoms with Gasteiger partial charge in [-0.05, 0) is 52.9 Å². The fourth-order valence-corrected chi connectivity index (χ4v) is 3.38. The van der Waals surface area contributed by atoms with E-state index in [9.17, 15) is 20.2 Å². The monoisotopic (exact) mass is 449 g/mol. The summed E-state index contributed by atoms with van der Waals surface area (Å²) >= 11 is 0. The van der Waals surface area contributed by atoms with Gasteiger partial charge in [0.2, 0.25) is 0 Å². The molecule has 7 heteroatoms. The van der Waals surface area contributed by atoms with Gasteiger partial charge in [-0.3, -0.25) is 14.9 Å². The maximum Gasteiger partial charge on any atom is 0.269 e. The largest absolute Gasteiger partial charge is 0.489 e. The van der Waals surface area contributed by atoms with Crippen LogP contribution in [0.4, 0.5) is 11.4 Å². The third-order valence-corrected chi connectivity index (χ3v) is 5.15. The van der Waals surface area contributed by atoms with Gasteiger partial charge in [0.1, 0.15) is 24.0 Å². The molecule has 4 aromatic rings. The first-order valence-electron chi connectivity index (χ1n) is 10.4. The number of non-ortho nitro benzene ring substituents is 1. The summed E-state index contributed by atoms with van der Waals surface area (Å²) in [6.45, 7) is 0.254. The van der Waals surface area contributed by atoms with Crippen LogP contribution in [0.5, 0.6) is 5.75 Å². The number of nitro groups is 1. The van der Waals surface area contributed by atoms with Crippen molar-refractivity contribution in [2.75, 3.05) is 5.32 Å². The Balaban J connectivity index is 1.42.